The van der Waals surface area contributed by atoms with Crippen molar-refractivity contribution in [2.45, 2.75) is 72.6 Å². The lowest BCUT2D eigenvalue weighted by atomic mass is 9.85. The van der Waals surface area contributed by atoms with Gasteiger partial charge in [0.15, 0.2) is 0 Å². The Balaban J connectivity index is 0. The Hall–Kier alpha value is -0.570. The van der Waals surface area contributed by atoms with Crippen LogP contribution in [-0.4, -0.2) is 19.0 Å². The number of hydrogen-bond acceptors (Lipinski definition) is 2. The molecule has 1 rings (SSSR count). The van der Waals surface area contributed by atoms with Crippen molar-refractivity contribution in [2.24, 2.45) is 11.7 Å². The van der Waals surface area contributed by atoms with Crippen molar-refractivity contribution < 1.29 is 4.79 Å². The summed E-state index contributed by atoms with van der Waals surface area (Å²) in [5, 5.41) is 2.87. The molecular formula is C15H34N2O. The van der Waals surface area contributed by atoms with Gasteiger partial charge in [-0.2, -0.15) is 0 Å². The first-order valence-corrected chi connectivity index (χ1v) is 7.74. The average Bonchev–Trinajstić information content (AvgIpc) is 2.32. The molecule has 1 amide bonds. The van der Waals surface area contributed by atoms with E-state index in [2.05, 4.69) is 19.2 Å². The van der Waals surface area contributed by atoms with Crippen molar-refractivity contribution in [3.8, 4) is 0 Å². The van der Waals surface area contributed by atoms with Gasteiger partial charge in [-0.05, 0) is 25.8 Å². The van der Waals surface area contributed by atoms with Crippen molar-refractivity contribution >= 4 is 5.91 Å². The highest BCUT2D eigenvalue weighted by molar-refractivity contribution is 5.79. The first-order chi connectivity index (χ1) is 8.76. The summed E-state index contributed by atoms with van der Waals surface area (Å²) in [6.45, 7) is 9.82. The van der Waals surface area contributed by atoms with E-state index in [4.69, 9.17) is 5.73 Å². The van der Waals surface area contributed by atoms with Crippen LogP contribution in [0, 0.1) is 5.92 Å². The maximum Gasteiger partial charge on any atom is 0.223 e. The van der Waals surface area contributed by atoms with E-state index in [0.717, 1.165) is 25.8 Å². The zero-order chi connectivity index (χ0) is 14.2. The number of nitrogens with one attached hydrogen (secondary N) is 1. The standard InChI is InChI=1S/C8H16N2O.C5H12.C2H6/c9-5-2-6-10-8(11)7-3-1-4-7;1-3-5-4-2;1-2/h7H,1-6,9H2,(H,10,11);3-5H2,1-2H3;1-2H3. The Morgan fingerprint density at radius 3 is 2.00 bits per heavy atom. The lowest BCUT2D eigenvalue weighted by Gasteiger charge is -2.23. The minimum Gasteiger partial charge on any atom is -0.356 e. The molecule has 0 atom stereocenters. The van der Waals surface area contributed by atoms with E-state index < -0.39 is 0 Å². The van der Waals surface area contributed by atoms with E-state index >= 15 is 0 Å². The zero-order valence-corrected chi connectivity index (χ0v) is 12.9. The van der Waals surface area contributed by atoms with E-state index in [0.29, 0.717) is 12.5 Å². The maximum atomic E-state index is 11.1. The summed E-state index contributed by atoms with van der Waals surface area (Å²) in [6, 6.07) is 0. The Labute approximate surface area is 114 Å². The molecule has 0 saturated heterocycles. The third kappa shape index (κ3) is 11.9. The molecule has 3 heteroatoms. The summed E-state index contributed by atoms with van der Waals surface area (Å²) in [4.78, 5) is 11.1. The topological polar surface area (TPSA) is 55.1 Å². The van der Waals surface area contributed by atoms with Crippen molar-refractivity contribution in [2.75, 3.05) is 13.1 Å². The largest absolute Gasteiger partial charge is 0.356 e. The summed E-state index contributed by atoms with van der Waals surface area (Å²) in [6.07, 6.45) is 8.34. The molecule has 0 bridgehead atoms. The first kappa shape index (κ1) is 19.8. The van der Waals surface area contributed by atoms with Gasteiger partial charge >= 0.3 is 0 Å². The van der Waals surface area contributed by atoms with Gasteiger partial charge in [0.1, 0.15) is 0 Å². The zero-order valence-electron chi connectivity index (χ0n) is 12.9. The normalized spacial score (nSPS) is 13.4. The number of unbranched alkanes of at least 4 members (excludes halogenated alkanes) is 2. The van der Waals surface area contributed by atoms with Gasteiger partial charge < -0.3 is 11.1 Å². The van der Waals surface area contributed by atoms with Crippen molar-refractivity contribution in [1.82, 2.24) is 5.32 Å². The molecule has 1 saturated carbocycles. The predicted octanol–water partition coefficient (Wildman–Crippen LogP) is 3.47. The lowest BCUT2D eigenvalue weighted by molar-refractivity contribution is -0.127. The van der Waals surface area contributed by atoms with E-state index in [1.54, 1.807) is 0 Å². The van der Waals surface area contributed by atoms with Gasteiger partial charge in [-0.3, -0.25) is 4.79 Å². The van der Waals surface area contributed by atoms with Gasteiger partial charge in [0.05, 0.1) is 0 Å². The second kappa shape index (κ2) is 16.4. The number of rotatable bonds is 6. The molecule has 1 fully saturated rings. The van der Waals surface area contributed by atoms with Crippen LogP contribution in [0.5, 0.6) is 0 Å². The molecule has 0 radical (unpaired) electrons. The van der Waals surface area contributed by atoms with Crippen LogP contribution in [0.2, 0.25) is 0 Å². The quantitative estimate of drug-likeness (QED) is 0.717. The Bertz CT molecular complexity index is 166. The fraction of sp³-hybridized carbons (Fsp3) is 0.933. The highest BCUT2D eigenvalue weighted by Gasteiger charge is 2.24. The van der Waals surface area contributed by atoms with Gasteiger partial charge in [0.2, 0.25) is 5.91 Å². The predicted molar refractivity (Wildman–Crippen MR) is 80.6 cm³/mol. The summed E-state index contributed by atoms with van der Waals surface area (Å²) in [5.74, 6) is 0.539. The third-order valence-corrected chi connectivity index (χ3v) is 2.86. The fourth-order valence-electron chi connectivity index (χ4n) is 1.48. The van der Waals surface area contributed by atoms with Crippen LogP contribution in [-0.2, 0) is 4.79 Å². The van der Waals surface area contributed by atoms with Crippen LogP contribution in [0.15, 0.2) is 0 Å². The number of carbonyl (C=O) groups excluding carboxylic acids is 1. The Morgan fingerprint density at radius 2 is 1.72 bits per heavy atom. The highest BCUT2D eigenvalue weighted by atomic mass is 16.1. The molecule has 0 aromatic heterocycles. The summed E-state index contributed by atoms with van der Waals surface area (Å²) < 4.78 is 0. The molecule has 3 nitrogen and oxygen atoms in total. The van der Waals surface area contributed by atoms with Crippen LogP contribution in [0.25, 0.3) is 0 Å². The van der Waals surface area contributed by atoms with E-state index in [-0.39, 0.29) is 5.91 Å². The summed E-state index contributed by atoms with van der Waals surface area (Å²) in [7, 11) is 0. The molecule has 18 heavy (non-hydrogen) atoms. The van der Waals surface area contributed by atoms with Gasteiger partial charge in [0.25, 0.3) is 0 Å². The molecule has 0 spiro atoms. The SMILES string of the molecule is CC.CCCCC.NCCCNC(=O)C1CCC1. The van der Waals surface area contributed by atoms with Crippen molar-refractivity contribution in [3.63, 3.8) is 0 Å². The molecular weight excluding hydrogens is 224 g/mol. The molecule has 0 heterocycles. The minimum absolute atomic E-state index is 0.227. The average molecular weight is 258 g/mol. The molecule has 1 aliphatic carbocycles. The smallest absolute Gasteiger partial charge is 0.223 e. The van der Waals surface area contributed by atoms with Crippen molar-refractivity contribution in [3.05, 3.63) is 0 Å². The number of nitrogens with two attached hydrogens (primary N) is 1. The lowest BCUT2D eigenvalue weighted by Crippen LogP contribution is -2.35. The van der Waals surface area contributed by atoms with Crippen LogP contribution < -0.4 is 11.1 Å². The van der Waals surface area contributed by atoms with Gasteiger partial charge in [0, 0.05) is 12.5 Å². The van der Waals surface area contributed by atoms with Crippen LogP contribution in [0.3, 0.4) is 0 Å². The van der Waals surface area contributed by atoms with Crippen LogP contribution >= 0.6 is 0 Å². The van der Waals surface area contributed by atoms with Gasteiger partial charge in [-0.25, -0.2) is 0 Å². The fourth-order valence-corrected chi connectivity index (χ4v) is 1.48. The second-order valence-electron chi connectivity index (χ2n) is 4.41. The molecule has 0 aromatic carbocycles. The highest BCUT2D eigenvalue weighted by Crippen LogP contribution is 2.25. The molecule has 1 aliphatic rings. The monoisotopic (exact) mass is 258 g/mol. The van der Waals surface area contributed by atoms with Gasteiger partial charge in [-0.15, -0.1) is 0 Å². The van der Waals surface area contributed by atoms with E-state index in [1.807, 2.05) is 13.8 Å². The summed E-state index contributed by atoms with van der Waals surface area (Å²) in [5.41, 5.74) is 5.29. The summed E-state index contributed by atoms with van der Waals surface area (Å²) >= 11 is 0. The van der Waals surface area contributed by atoms with Crippen LogP contribution in [0.1, 0.15) is 72.6 Å². The number of hydrogen-bond donors (Lipinski definition) is 2. The molecule has 0 aromatic rings. The number of amides is 1. The molecule has 0 unspecified atom stereocenters. The maximum absolute atomic E-state index is 11.1. The second-order valence-corrected chi connectivity index (χ2v) is 4.41. The third-order valence-electron chi connectivity index (χ3n) is 2.86. The molecule has 0 aliphatic heterocycles. The minimum atomic E-state index is 0.227. The van der Waals surface area contributed by atoms with E-state index in [1.165, 1.54) is 25.7 Å². The van der Waals surface area contributed by atoms with E-state index in [9.17, 15) is 4.79 Å². The first-order valence-electron chi connectivity index (χ1n) is 7.74. The Morgan fingerprint density at radius 1 is 1.17 bits per heavy atom. The van der Waals surface area contributed by atoms with Gasteiger partial charge in [-0.1, -0.05) is 53.4 Å². The Kier molecular flexibility index (Phi) is 18.0. The van der Waals surface area contributed by atoms with Crippen LogP contribution in [0.4, 0.5) is 0 Å². The molecule has 3 N–H and O–H groups in total. The number of carbonyl (C=O) groups is 1. The molecule has 110 valence electrons. The van der Waals surface area contributed by atoms with Crippen molar-refractivity contribution in [1.29, 1.82) is 0 Å².